The van der Waals surface area contributed by atoms with Gasteiger partial charge < -0.3 is 5.73 Å². The molecule has 0 aliphatic carbocycles. The first kappa shape index (κ1) is 17.6. The summed E-state index contributed by atoms with van der Waals surface area (Å²) >= 11 is 0. The lowest BCUT2D eigenvalue weighted by atomic mass is 9.98. The minimum absolute atomic E-state index is 1.71. The van der Waals surface area contributed by atoms with Gasteiger partial charge in [-0.05, 0) is 0 Å². The third kappa shape index (κ3) is 2.27. The predicted molar refractivity (Wildman–Crippen MR) is 60.4 cm³/mol. The quantitative estimate of drug-likeness (QED) is 0.292. The van der Waals surface area contributed by atoms with Crippen LogP contribution in [0.2, 0.25) is 0 Å². The maximum Gasteiger partial charge on any atom is 0.204 e. The van der Waals surface area contributed by atoms with E-state index in [1.807, 2.05) is 0 Å². The molecule has 128 valence electrons. The molecule has 0 radical (unpaired) electrons. The normalized spacial score (nSPS) is 11.0. The Morgan fingerprint density at radius 3 is 1.21 bits per heavy atom. The summed E-state index contributed by atoms with van der Waals surface area (Å²) < 4.78 is 119. The van der Waals surface area contributed by atoms with E-state index in [0.717, 1.165) is 0 Å². The largest absolute Gasteiger partial charge is 0.396 e. The van der Waals surface area contributed by atoms with Crippen LogP contribution in [0, 0.1) is 52.4 Å². The van der Waals surface area contributed by atoms with E-state index in [0.29, 0.717) is 0 Å². The van der Waals surface area contributed by atoms with E-state index in [2.05, 4.69) is 0 Å². The Kier molecular flexibility index (Phi) is 4.21. The molecule has 0 aromatic heterocycles. The Hall–Kier alpha value is -2.72. The standard InChI is InChI=1S/C13H2F9NO/c14-3-1(4(15)7(18)9(20)6(3)17)13(24)2-5(16)8(19)10(21)11(22)12(2)23/h23H2. The van der Waals surface area contributed by atoms with Crippen LogP contribution < -0.4 is 5.73 Å². The van der Waals surface area contributed by atoms with Crippen molar-refractivity contribution in [1.29, 1.82) is 0 Å². The molecular weight excluding hydrogens is 357 g/mol. The van der Waals surface area contributed by atoms with Crippen molar-refractivity contribution in [3.05, 3.63) is 63.5 Å². The maximum absolute atomic E-state index is 13.6. The van der Waals surface area contributed by atoms with Gasteiger partial charge in [0.15, 0.2) is 46.5 Å². The first-order chi connectivity index (χ1) is 11.0. The zero-order valence-electron chi connectivity index (χ0n) is 10.9. The monoisotopic (exact) mass is 359 g/mol. The van der Waals surface area contributed by atoms with Crippen LogP contribution in [0.25, 0.3) is 0 Å². The van der Waals surface area contributed by atoms with Gasteiger partial charge in [0.2, 0.25) is 11.6 Å². The summed E-state index contributed by atoms with van der Waals surface area (Å²) in [6, 6.07) is 0. The van der Waals surface area contributed by atoms with Crippen molar-refractivity contribution in [2.24, 2.45) is 0 Å². The molecule has 0 heterocycles. The van der Waals surface area contributed by atoms with Gasteiger partial charge in [0.25, 0.3) is 0 Å². The molecule has 0 saturated heterocycles. The zero-order chi connectivity index (χ0) is 18.5. The summed E-state index contributed by atoms with van der Waals surface area (Å²) in [7, 11) is 0. The first-order valence-electron chi connectivity index (χ1n) is 5.69. The number of benzene rings is 2. The molecular formula is C13H2F9NO. The highest BCUT2D eigenvalue weighted by atomic mass is 19.2. The molecule has 0 amide bonds. The van der Waals surface area contributed by atoms with Crippen LogP contribution in [0.1, 0.15) is 15.9 Å². The van der Waals surface area contributed by atoms with Crippen LogP contribution in [0.15, 0.2) is 0 Å². The van der Waals surface area contributed by atoms with E-state index in [4.69, 9.17) is 5.73 Å². The Bertz CT molecular complexity index is 764. The van der Waals surface area contributed by atoms with E-state index < -0.39 is 75.0 Å². The van der Waals surface area contributed by atoms with Gasteiger partial charge in [0.1, 0.15) is 5.56 Å². The van der Waals surface area contributed by atoms with Gasteiger partial charge in [-0.15, -0.1) is 0 Å². The minimum Gasteiger partial charge on any atom is -0.396 e. The summed E-state index contributed by atoms with van der Waals surface area (Å²) in [6.45, 7) is 0. The SMILES string of the molecule is Nc1c(F)c(F)c(F)c(F)c1C(=O)c1c(F)c(F)c(F)c(F)c1F. The fraction of sp³-hybridized carbons (Fsp3) is 0. The fourth-order valence-electron chi connectivity index (χ4n) is 1.80. The lowest BCUT2D eigenvalue weighted by Crippen LogP contribution is -2.18. The highest BCUT2D eigenvalue weighted by Gasteiger charge is 2.35. The van der Waals surface area contributed by atoms with Crippen molar-refractivity contribution in [3.8, 4) is 0 Å². The van der Waals surface area contributed by atoms with Crippen LogP contribution in [-0.4, -0.2) is 5.78 Å². The lowest BCUT2D eigenvalue weighted by Gasteiger charge is -2.11. The number of nitrogens with two attached hydrogens (primary N) is 1. The molecule has 2 nitrogen and oxygen atoms in total. The number of halogens is 9. The van der Waals surface area contributed by atoms with Crippen LogP contribution >= 0.6 is 0 Å². The summed E-state index contributed by atoms with van der Waals surface area (Å²) in [5.74, 6) is -25.2. The van der Waals surface area contributed by atoms with E-state index >= 15 is 0 Å². The van der Waals surface area contributed by atoms with Crippen molar-refractivity contribution < 1.29 is 44.3 Å². The molecule has 0 atom stereocenters. The number of carbonyl (C=O) groups excluding carboxylic acids is 1. The molecule has 0 spiro atoms. The van der Waals surface area contributed by atoms with Crippen molar-refractivity contribution >= 4 is 11.5 Å². The van der Waals surface area contributed by atoms with Crippen LogP contribution in [0.3, 0.4) is 0 Å². The number of hydrogen-bond acceptors (Lipinski definition) is 2. The molecule has 11 heteroatoms. The smallest absolute Gasteiger partial charge is 0.204 e. The van der Waals surface area contributed by atoms with Crippen LogP contribution in [-0.2, 0) is 0 Å². The average molecular weight is 359 g/mol. The first-order valence-corrected chi connectivity index (χ1v) is 5.69. The van der Waals surface area contributed by atoms with E-state index in [-0.39, 0.29) is 0 Å². The third-order valence-corrected chi connectivity index (χ3v) is 2.97. The summed E-state index contributed by atoms with van der Waals surface area (Å²) in [5.41, 5.74) is -0.987. The van der Waals surface area contributed by atoms with Gasteiger partial charge in [-0.1, -0.05) is 0 Å². The van der Waals surface area contributed by atoms with E-state index in [1.165, 1.54) is 0 Å². The average Bonchev–Trinajstić information content (AvgIpc) is 2.55. The highest BCUT2D eigenvalue weighted by Crippen LogP contribution is 2.31. The van der Waals surface area contributed by atoms with E-state index in [1.54, 1.807) is 0 Å². The molecule has 24 heavy (non-hydrogen) atoms. The molecule has 2 N–H and O–H groups in total. The molecule has 0 saturated carbocycles. The van der Waals surface area contributed by atoms with Gasteiger partial charge in [-0.2, -0.15) is 0 Å². The van der Waals surface area contributed by atoms with Gasteiger partial charge in [-0.25, -0.2) is 39.5 Å². The number of carbonyl (C=O) groups is 1. The van der Waals surface area contributed by atoms with Gasteiger partial charge >= 0.3 is 0 Å². The topological polar surface area (TPSA) is 43.1 Å². The number of ketones is 1. The molecule has 0 fully saturated rings. The summed E-state index contributed by atoms with van der Waals surface area (Å²) in [4.78, 5) is 11.8. The Morgan fingerprint density at radius 2 is 0.792 bits per heavy atom. The number of anilines is 1. The van der Waals surface area contributed by atoms with Gasteiger partial charge in [-0.3, -0.25) is 4.79 Å². The Labute approximate surface area is 126 Å². The second-order valence-electron chi connectivity index (χ2n) is 4.32. The second-order valence-corrected chi connectivity index (χ2v) is 4.32. The number of nitrogen functional groups attached to an aromatic ring is 1. The summed E-state index contributed by atoms with van der Waals surface area (Å²) in [5, 5.41) is 0. The lowest BCUT2D eigenvalue weighted by molar-refractivity contribution is 0.102. The highest BCUT2D eigenvalue weighted by molar-refractivity contribution is 6.12. The maximum atomic E-state index is 13.6. The van der Waals surface area contributed by atoms with Crippen molar-refractivity contribution in [1.82, 2.24) is 0 Å². The Balaban J connectivity index is 2.87. The molecule has 0 aliphatic rings. The summed E-state index contributed by atoms with van der Waals surface area (Å²) in [6.07, 6.45) is 0. The van der Waals surface area contributed by atoms with Gasteiger partial charge in [0, 0.05) is 0 Å². The van der Waals surface area contributed by atoms with Gasteiger partial charge in [0.05, 0.1) is 11.3 Å². The van der Waals surface area contributed by atoms with Crippen molar-refractivity contribution in [3.63, 3.8) is 0 Å². The van der Waals surface area contributed by atoms with Crippen LogP contribution in [0.5, 0.6) is 0 Å². The minimum atomic E-state index is -2.64. The molecule has 0 unspecified atom stereocenters. The molecule has 2 aromatic rings. The van der Waals surface area contributed by atoms with Crippen molar-refractivity contribution in [2.75, 3.05) is 5.73 Å². The van der Waals surface area contributed by atoms with Crippen molar-refractivity contribution in [2.45, 2.75) is 0 Å². The van der Waals surface area contributed by atoms with E-state index in [9.17, 15) is 44.3 Å². The number of hydrogen-bond donors (Lipinski definition) is 1. The predicted octanol–water partition coefficient (Wildman–Crippen LogP) is 3.75. The third-order valence-electron chi connectivity index (χ3n) is 2.97. The molecule has 2 rings (SSSR count). The molecule has 0 bridgehead atoms. The molecule has 2 aromatic carbocycles. The molecule has 0 aliphatic heterocycles. The Morgan fingerprint density at radius 1 is 0.500 bits per heavy atom. The zero-order valence-corrected chi connectivity index (χ0v) is 10.9. The second kappa shape index (κ2) is 5.73. The number of rotatable bonds is 2. The van der Waals surface area contributed by atoms with Crippen LogP contribution in [0.4, 0.5) is 45.2 Å². The fourth-order valence-corrected chi connectivity index (χ4v) is 1.80.